The first-order valence-corrected chi connectivity index (χ1v) is 2.96. The van der Waals surface area contributed by atoms with Crippen LogP contribution in [0.25, 0.3) is 0 Å². The fourth-order valence-electron chi connectivity index (χ4n) is 0.555. The van der Waals surface area contributed by atoms with Gasteiger partial charge in [0.2, 0.25) is 5.91 Å². The molecule has 0 saturated heterocycles. The van der Waals surface area contributed by atoms with Gasteiger partial charge in [-0.05, 0) is 0 Å². The molecular formula is C6H15NO2. The molecule has 0 amide bonds. The number of nitrogens with two attached hydrogens (primary N) is 1. The van der Waals surface area contributed by atoms with Crippen LogP contribution in [0, 0.1) is 5.92 Å². The molecule has 0 atom stereocenters. The minimum Gasteiger partial charge on any atom is -0.341 e. The molecule has 0 rings (SSSR count). The SMILES string of the molecule is COC(N)(OC)C(C)C. The van der Waals surface area contributed by atoms with Crippen molar-refractivity contribution >= 4 is 0 Å². The van der Waals surface area contributed by atoms with E-state index in [9.17, 15) is 0 Å². The third kappa shape index (κ3) is 1.93. The highest BCUT2D eigenvalue weighted by atomic mass is 16.7. The van der Waals surface area contributed by atoms with E-state index < -0.39 is 5.91 Å². The van der Waals surface area contributed by atoms with Gasteiger partial charge in [-0.25, -0.2) is 0 Å². The maximum Gasteiger partial charge on any atom is 0.226 e. The van der Waals surface area contributed by atoms with E-state index in [1.54, 1.807) is 0 Å². The molecule has 0 fully saturated rings. The number of rotatable bonds is 3. The Kier molecular flexibility index (Phi) is 3.11. The van der Waals surface area contributed by atoms with Crippen LogP contribution in [-0.4, -0.2) is 20.1 Å². The first kappa shape index (κ1) is 8.88. The fraction of sp³-hybridized carbons (Fsp3) is 1.00. The van der Waals surface area contributed by atoms with Crippen LogP contribution in [0.5, 0.6) is 0 Å². The van der Waals surface area contributed by atoms with E-state index in [0.29, 0.717) is 0 Å². The summed E-state index contributed by atoms with van der Waals surface area (Å²) >= 11 is 0. The van der Waals surface area contributed by atoms with Gasteiger partial charge < -0.3 is 9.47 Å². The Balaban J connectivity index is 3.92. The number of hydrogen-bond acceptors (Lipinski definition) is 3. The molecule has 0 aromatic heterocycles. The number of ether oxygens (including phenoxy) is 2. The van der Waals surface area contributed by atoms with Crippen molar-refractivity contribution in [1.82, 2.24) is 0 Å². The Labute approximate surface area is 56.1 Å². The predicted molar refractivity (Wildman–Crippen MR) is 35.8 cm³/mol. The van der Waals surface area contributed by atoms with Crippen molar-refractivity contribution in [3.63, 3.8) is 0 Å². The van der Waals surface area contributed by atoms with Crippen LogP contribution in [0.1, 0.15) is 13.8 Å². The van der Waals surface area contributed by atoms with E-state index in [4.69, 9.17) is 15.2 Å². The Hall–Kier alpha value is -0.120. The highest BCUT2D eigenvalue weighted by Crippen LogP contribution is 2.14. The second kappa shape index (κ2) is 3.15. The van der Waals surface area contributed by atoms with Gasteiger partial charge in [0.05, 0.1) is 0 Å². The van der Waals surface area contributed by atoms with E-state index >= 15 is 0 Å². The van der Waals surface area contributed by atoms with E-state index in [0.717, 1.165) is 0 Å². The lowest BCUT2D eigenvalue weighted by atomic mass is 10.1. The third-order valence-electron chi connectivity index (χ3n) is 1.44. The predicted octanol–water partition coefficient (Wildman–Crippen LogP) is 0.548. The van der Waals surface area contributed by atoms with E-state index in [1.165, 1.54) is 14.2 Å². The second-order valence-corrected chi connectivity index (χ2v) is 2.28. The van der Waals surface area contributed by atoms with Gasteiger partial charge in [-0.15, -0.1) is 0 Å². The van der Waals surface area contributed by atoms with E-state index in [-0.39, 0.29) is 5.92 Å². The van der Waals surface area contributed by atoms with Gasteiger partial charge in [-0.2, -0.15) is 0 Å². The smallest absolute Gasteiger partial charge is 0.226 e. The molecule has 0 heterocycles. The zero-order valence-electron chi connectivity index (χ0n) is 6.47. The minimum absolute atomic E-state index is 0.160. The minimum atomic E-state index is -0.917. The van der Waals surface area contributed by atoms with Crippen molar-refractivity contribution < 1.29 is 9.47 Å². The van der Waals surface area contributed by atoms with Crippen LogP contribution in [0.4, 0.5) is 0 Å². The van der Waals surface area contributed by atoms with Crippen molar-refractivity contribution in [1.29, 1.82) is 0 Å². The van der Waals surface area contributed by atoms with Crippen LogP contribution >= 0.6 is 0 Å². The lowest BCUT2D eigenvalue weighted by Gasteiger charge is -2.29. The third-order valence-corrected chi connectivity index (χ3v) is 1.44. The summed E-state index contributed by atoms with van der Waals surface area (Å²) < 4.78 is 9.81. The van der Waals surface area contributed by atoms with Crippen LogP contribution in [-0.2, 0) is 9.47 Å². The van der Waals surface area contributed by atoms with Gasteiger partial charge in [0.15, 0.2) is 0 Å². The van der Waals surface area contributed by atoms with Gasteiger partial charge in [-0.3, -0.25) is 5.73 Å². The highest BCUT2D eigenvalue weighted by molar-refractivity contribution is 4.63. The molecule has 9 heavy (non-hydrogen) atoms. The van der Waals surface area contributed by atoms with Gasteiger partial charge in [0.1, 0.15) is 0 Å². The molecule has 0 aliphatic heterocycles. The summed E-state index contributed by atoms with van der Waals surface area (Å²) in [4.78, 5) is 0. The monoisotopic (exact) mass is 133 g/mol. The van der Waals surface area contributed by atoms with Crippen LogP contribution in [0.15, 0.2) is 0 Å². The maximum absolute atomic E-state index is 5.59. The molecule has 0 aromatic carbocycles. The molecule has 0 radical (unpaired) electrons. The van der Waals surface area contributed by atoms with Gasteiger partial charge >= 0.3 is 0 Å². The Morgan fingerprint density at radius 2 is 1.56 bits per heavy atom. The molecular weight excluding hydrogens is 118 g/mol. The average molecular weight is 133 g/mol. The molecule has 3 heteroatoms. The molecule has 0 saturated carbocycles. The van der Waals surface area contributed by atoms with Crippen molar-refractivity contribution in [3.05, 3.63) is 0 Å². The zero-order chi connectivity index (χ0) is 7.49. The molecule has 0 unspecified atom stereocenters. The van der Waals surface area contributed by atoms with E-state index in [2.05, 4.69) is 0 Å². The molecule has 3 nitrogen and oxygen atoms in total. The van der Waals surface area contributed by atoms with Gasteiger partial charge in [0, 0.05) is 20.1 Å². The normalized spacial score (nSPS) is 12.7. The lowest BCUT2D eigenvalue weighted by Crippen LogP contribution is -2.48. The average Bonchev–Trinajstić information content (AvgIpc) is 1.86. The fourth-order valence-corrected chi connectivity index (χ4v) is 0.555. The Morgan fingerprint density at radius 3 is 1.56 bits per heavy atom. The number of hydrogen-bond donors (Lipinski definition) is 1. The second-order valence-electron chi connectivity index (χ2n) is 2.28. The summed E-state index contributed by atoms with van der Waals surface area (Å²) in [6.07, 6.45) is 0. The first-order chi connectivity index (χ1) is 4.06. The molecule has 0 bridgehead atoms. The molecule has 0 aromatic rings. The summed E-state index contributed by atoms with van der Waals surface area (Å²) in [6.45, 7) is 3.88. The van der Waals surface area contributed by atoms with Crippen LogP contribution in [0.2, 0.25) is 0 Å². The van der Waals surface area contributed by atoms with Crippen molar-refractivity contribution in [2.24, 2.45) is 11.7 Å². The summed E-state index contributed by atoms with van der Waals surface area (Å²) in [6, 6.07) is 0. The van der Waals surface area contributed by atoms with E-state index in [1.807, 2.05) is 13.8 Å². The summed E-state index contributed by atoms with van der Waals surface area (Å²) in [5.74, 6) is -0.757. The van der Waals surface area contributed by atoms with Crippen molar-refractivity contribution in [3.8, 4) is 0 Å². The van der Waals surface area contributed by atoms with Crippen molar-refractivity contribution in [2.75, 3.05) is 14.2 Å². The van der Waals surface area contributed by atoms with Crippen LogP contribution < -0.4 is 5.73 Å². The topological polar surface area (TPSA) is 44.5 Å². The standard InChI is InChI=1S/C6H15NO2/c1-5(2)6(7,8-3)9-4/h5H,7H2,1-4H3. The maximum atomic E-state index is 5.59. The Bertz CT molecular complexity index is 79.1. The molecule has 0 aliphatic rings. The lowest BCUT2D eigenvalue weighted by molar-refractivity contribution is -0.229. The number of methoxy groups -OCH3 is 2. The summed E-state index contributed by atoms with van der Waals surface area (Å²) in [5.41, 5.74) is 5.59. The Morgan fingerprint density at radius 1 is 1.22 bits per heavy atom. The first-order valence-electron chi connectivity index (χ1n) is 2.96. The molecule has 0 spiro atoms. The highest BCUT2D eigenvalue weighted by Gasteiger charge is 2.27. The molecule has 56 valence electrons. The summed E-state index contributed by atoms with van der Waals surface area (Å²) in [7, 11) is 3.06. The largest absolute Gasteiger partial charge is 0.341 e. The van der Waals surface area contributed by atoms with Gasteiger partial charge in [0.25, 0.3) is 0 Å². The van der Waals surface area contributed by atoms with Crippen molar-refractivity contribution in [2.45, 2.75) is 19.8 Å². The zero-order valence-corrected chi connectivity index (χ0v) is 6.47. The summed E-state index contributed by atoms with van der Waals surface area (Å²) in [5, 5.41) is 0. The molecule has 2 N–H and O–H groups in total. The quantitative estimate of drug-likeness (QED) is 0.572. The molecule has 0 aliphatic carbocycles. The van der Waals surface area contributed by atoms with Gasteiger partial charge in [-0.1, -0.05) is 13.8 Å². The van der Waals surface area contributed by atoms with Crippen LogP contribution in [0.3, 0.4) is 0 Å².